The first-order chi connectivity index (χ1) is 10.9. The van der Waals surface area contributed by atoms with Crippen LogP contribution in [0.4, 0.5) is 11.4 Å². The van der Waals surface area contributed by atoms with Gasteiger partial charge in [-0.25, -0.2) is 4.98 Å². The van der Waals surface area contributed by atoms with Crippen molar-refractivity contribution >= 4 is 40.6 Å². The maximum atomic E-state index is 12.2. The highest BCUT2D eigenvalue weighted by molar-refractivity contribution is 8.00. The highest BCUT2D eigenvalue weighted by Gasteiger charge is 2.19. The molecule has 0 fully saturated rings. The van der Waals surface area contributed by atoms with Crippen molar-refractivity contribution in [2.45, 2.75) is 30.7 Å². The Kier molecular flexibility index (Phi) is 5.56. The Labute approximate surface area is 141 Å². The number of amides is 1. The van der Waals surface area contributed by atoms with Crippen molar-refractivity contribution in [1.29, 1.82) is 0 Å². The van der Waals surface area contributed by atoms with Crippen molar-refractivity contribution in [3.8, 4) is 0 Å². The number of anilines is 1. The number of hydrogen-bond donors (Lipinski definition) is 2. The van der Waals surface area contributed by atoms with Crippen molar-refractivity contribution in [2.75, 3.05) is 5.32 Å². The summed E-state index contributed by atoms with van der Waals surface area (Å²) in [6, 6.07) is 3.87. The second kappa shape index (κ2) is 7.42. The standard InChI is InChI=1S/C13H14ClN5O3S/c1-3-11-16-13(18-17-11)23-7(2)12(20)15-10-6-8(19(21)22)4-5-9(10)14/h4-7H,3H2,1-2H3,(H,15,20)(H,16,17,18). The highest BCUT2D eigenvalue weighted by atomic mass is 35.5. The number of nitro benzene ring substituents is 1. The van der Waals surface area contributed by atoms with E-state index < -0.39 is 10.2 Å². The average Bonchev–Trinajstić information content (AvgIpc) is 2.96. The monoisotopic (exact) mass is 355 g/mol. The number of aryl methyl sites for hydroxylation is 1. The van der Waals surface area contributed by atoms with E-state index in [-0.39, 0.29) is 22.3 Å². The Morgan fingerprint density at radius 1 is 1.57 bits per heavy atom. The summed E-state index contributed by atoms with van der Waals surface area (Å²) in [5, 5.41) is 20.3. The van der Waals surface area contributed by atoms with Gasteiger partial charge in [-0.3, -0.25) is 20.0 Å². The predicted octanol–water partition coefficient (Wildman–Crippen LogP) is 3.05. The lowest BCUT2D eigenvalue weighted by atomic mass is 10.2. The van der Waals surface area contributed by atoms with Gasteiger partial charge in [0.15, 0.2) is 0 Å². The van der Waals surface area contributed by atoms with Crippen LogP contribution in [-0.4, -0.2) is 31.3 Å². The van der Waals surface area contributed by atoms with Gasteiger partial charge in [0.05, 0.1) is 20.9 Å². The molecule has 1 heterocycles. The number of hydrogen-bond acceptors (Lipinski definition) is 6. The first-order valence-electron chi connectivity index (χ1n) is 6.73. The van der Waals surface area contributed by atoms with E-state index in [1.165, 1.54) is 30.0 Å². The highest BCUT2D eigenvalue weighted by Crippen LogP contribution is 2.28. The fraction of sp³-hybridized carbons (Fsp3) is 0.308. The molecule has 1 amide bonds. The molecule has 0 aliphatic heterocycles. The summed E-state index contributed by atoms with van der Waals surface area (Å²) < 4.78 is 0. The molecule has 1 aromatic carbocycles. The molecular formula is C13H14ClN5O3S. The predicted molar refractivity (Wildman–Crippen MR) is 87.8 cm³/mol. The first-order valence-corrected chi connectivity index (χ1v) is 7.99. The van der Waals surface area contributed by atoms with Crippen LogP contribution in [0.5, 0.6) is 0 Å². The minimum Gasteiger partial charge on any atom is -0.324 e. The van der Waals surface area contributed by atoms with Gasteiger partial charge in [-0.2, -0.15) is 0 Å². The van der Waals surface area contributed by atoms with Crippen LogP contribution in [0, 0.1) is 10.1 Å². The van der Waals surface area contributed by atoms with Crippen molar-refractivity contribution in [2.24, 2.45) is 0 Å². The summed E-state index contributed by atoms with van der Waals surface area (Å²) in [4.78, 5) is 26.6. The van der Waals surface area contributed by atoms with E-state index in [0.29, 0.717) is 5.16 Å². The number of rotatable bonds is 6. The van der Waals surface area contributed by atoms with Gasteiger partial charge in [0.2, 0.25) is 11.1 Å². The summed E-state index contributed by atoms with van der Waals surface area (Å²) >= 11 is 7.14. The molecule has 1 unspecified atom stereocenters. The molecule has 0 radical (unpaired) electrons. The molecule has 1 aromatic heterocycles. The zero-order valence-electron chi connectivity index (χ0n) is 12.4. The van der Waals surface area contributed by atoms with Gasteiger partial charge in [0, 0.05) is 18.6 Å². The van der Waals surface area contributed by atoms with E-state index in [9.17, 15) is 14.9 Å². The number of nitro groups is 1. The topological polar surface area (TPSA) is 114 Å². The van der Waals surface area contributed by atoms with Crippen molar-refractivity contribution in [3.05, 3.63) is 39.2 Å². The minimum absolute atomic E-state index is 0.147. The smallest absolute Gasteiger partial charge is 0.271 e. The van der Waals surface area contributed by atoms with Crippen LogP contribution in [0.2, 0.25) is 5.02 Å². The Bertz CT molecular complexity index is 736. The van der Waals surface area contributed by atoms with E-state index in [1.807, 2.05) is 6.92 Å². The third-order valence-electron chi connectivity index (χ3n) is 2.92. The molecule has 0 spiro atoms. The van der Waals surface area contributed by atoms with Gasteiger partial charge in [-0.1, -0.05) is 30.3 Å². The molecule has 0 saturated heterocycles. The zero-order valence-corrected chi connectivity index (χ0v) is 13.9. The molecule has 0 saturated carbocycles. The van der Waals surface area contributed by atoms with Crippen LogP contribution in [0.3, 0.4) is 0 Å². The van der Waals surface area contributed by atoms with Crippen molar-refractivity contribution in [1.82, 2.24) is 15.2 Å². The Morgan fingerprint density at radius 3 is 2.91 bits per heavy atom. The SMILES string of the molecule is CCc1nc(SC(C)C(=O)Nc2cc([N+](=O)[O-])ccc2Cl)n[nH]1. The number of H-pyrrole nitrogens is 1. The van der Waals surface area contributed by atoms with Gasteiger partial charge in [-0.15, -0.1) is 5.10 Å². The van der Waals surface area contributed by atoms with Crippen molar-refractivity contribution in [3.63, 3.8) is 0 Å². The number of thioether (sulfide) groups is 1. The molecule has 8 nitrogen and oxygen atoms in total. The number of carbonyl (C=O) groups is 1. The van der Waals surface area contributed by atoms with Crippen LogP contribution in [0.1, 0.15) is 19.7 Å². The van der Waals surface area contributed by atoms with Gasteiger partial charge in [0.1, 0.15) is 5.82 Å². The molecule has 2 N–H and O–H groups in total. The van der Waals surface area contributed by atoms with E-state index >= 15 is 0 Å². The zero-order chi connectivity index (χ0) is 17.0. The van der Waals surface area contributed by atoms with Crippen molar-refractivity contribution < 1.29 is 9.72 Å². The quantitative estimate of drug-likeness (QED) is 0.467. The van der Waals surface area contributed by atoms with E-state index in [0.717, 1.165) is 12.2 Å². The number of halogens is 1. The fourth-order valence-corrected chi connectivity index (χ4v) is 2.57. The molecule has 10 heteroatoms. The van der Waals surface area contributed by atoms with Crippen LogP contribution >= 0.6 is 23.4 Å². The first kappa shape index (κ1) is 17.2. The summed E-state index contributed by atoms with van der Waals surface area (Å²) in [6.07, 6.45) is 0.720. The largest absolute Gasteiger partial charge is 0.324 e. The molecule has 0 aliphatic carbocycles. The molecule has 2 aromatic rings. The number of carbonyl (C=O) groups excluding carboxylic acids is 1. The average molecular weight is 356 g/mol. The molecule has 122 valence electrons. The molecule has 23 heavy (non-hydrogen) atoms. The summed E-state index contributed by atoms with van der Waals surface area (Å²) in [7, 11) is 0. The number of nitrogens with zero attached hydrogens (tertiary/aromatic N) is 3. The second-order valence-corrected chi connectivity index (χ2v) is 6.30. The number of aromatic nitrogens is 3. The summed E-state index contributed by atoms with van der Waals surface area (Å²) in [5.41, 5.74) is 0.0501. The van der Waals surface area contributed by atoms with Crippen LogP contribution in [0.25, 0.3) is 0 Å². The second-order valence-electron chi connectivity index (χ2n) is 4.59. The van der Waals surface area contributed by atoms with Gasteiger partial charge in [0.25, 0.3) is 5.69 Å². The normalized spacial score (nSPS) is 12.0. The number of benzene rings is 1. The van der Waals surface area contributed by atoms with E-state index in [4.69, 9.17) is 11.6 Å². The van der Waals surface area contributed by atoms with Gasteiger partial charge < -0.3 is 5.32 Å². The summed E-state index contributed by atoms with van der Waals surface area (Å²) in [5.74, 6) is 0.391. The Morgan fingerprint density at radius 2 is 2.30 bits per heavy atom. The lowest BCUT2D eigenvalue weighted by Gasteiger charge is -2.11. The number of aromatic amines is 1. The molecule has 2 rings (SSSR count). The minimum atomic E-state index is -0.552. The Balaban J connectivity index is 2.06. The van der Waals surface area contributed by atoms with Crippen LogP contribution in [-0.2, 0) is 11.2 Å². The van der Waals surface area contributed by atoms with Gasteiger partial charge >= 0.3 is 0 Å². The molecule has 0 bridgehead atoms. The third kappa shape index (κ3) is 4.42. The number of non-ortho nitro benzene ring substituents is 1. The lowest BCUT2D eigenvalue weighted by molar-refractivity contribution is -0.384. The van der Waals surface area contributed by atoms with E-state index in [1.54, 1.807) is 6.92 Å². The van der Waals surface area contributed by atoms with Crippen LogP contribution in [0.15, 0.2) is 23.4 Å². The fourth-order valence-electron chi connectivity index (χ4n) is 1.66. The molecule has 1 atom stereocenters. The van der Waals surface area contributed by atoms with Gasteiger partial charge in [-0.05, 0) is 13.0 Å². The molecular weight excluding hydrogens is 342 g/mol. The summed E-state index contributed by atoms with van der Waals surface area (Å²) in [6.45, 7) is 3.63. The molecule has 0 aliphatic rings. The maximum Gasteiger partial charge on any atom is 0.271 e. The van der Waals surface area contributed by atoms with Crippen LogP contribution < -0.4 is 5.32 Å². The Hall–Kier alpha value is -2.13. The number of nitrogens with one attached hydrogen (secondary N) is 2. The maximum absolute atomic E-state index is 12.2. The van der Waals surface area contributed by atoms with E-state index in [2.05, 4.69) is 20.5 Å². The lowest BCUT2D eigenvalue weighted by Crippen LogP contribution is -2.22. The third-order valence-corrected chi connectivity index (χ3v) is 4.21.